The summed E-state index contributed by atoms with van der Waals surface area (Å²) in [5.74, 6) is 3.97. The molecule has 0 aliphatic carbocycles. The number of rotatable bonds is 7. The van der Waals surface area contributed by atoms with Crippen LogP contribution in [-0.2, 0) is 6.54 Å². The molecule has 0 bridgehead atoms. The van der Waals surface area contributed by atoms with Crippen LogP contribution in [0.25, 0.3) is 10.9 Å². The average molecular weight is 497 g/mol. The highest BCUT2D eigenvalue weighted by Gasteiger charge is 2.21. The molecule has 1 fully saturated rings. The number of fused-ring (bicyclic) bond motifs is 3. The molecule has 2 aliphatic heterocycles. The van der Waals surface area contributed by atoms with Crippen molar-refractivity contribution in [1.82, 2.24) is 24.4 Å². The fourth-order valence-corrected chi connectivity index (χ4v) is 5.22. The van der Waals surface area contributed by atoms with E-state index < -0.39 is 5.91 Å². The third-order valence-corrected chi connectivity index (χ3v) is 6.95. The van der Waals surface area contributed by atoms with Crippen LogP contribution < -0.4 is 26.1 Å². The summed E-state index contributed by atoms with van der Waals surface area (Å²) in [6.45, 7) is 5.21. The Hall–Kier alpha value is -3.38. The van der Waals surface area contributed by atoms with Crippen molar-refractivity contribution in [3.05, 3.63) is 35.7 Å². The largest absolute Gasteiger partial charge is 0.491 e. The van der Waals surface area contributed by atoms with Crippen LogP contribution in [0.2, 0.25) is 0 Å². The molecule has 0 radical (unpaired) electrons. The Morgan fingerprint density at radius 1 is 1.23 bits per heavy atom. The number of nitrogens with two attached hydrogens (primary N) is 1. The molecule has 12 heteroatoms. The molecule has 3 N–H and O–H groups in total. The van der Waals surface area contributed by atoms with Gasteiger partial charge in [-0.05, 0) is 18.6 Å². The van der Waals surface area contributed by atoms with Crippen LogP contribution in [0, 0.1) is 0 Å². The lowest BCUT2D eigenvalue weighted by Crippen LogP contribution is -2.33. The summed E-state index contributed by atoms with van der Waals surface area (Å²) >= 11 is 2.01. The number of nitrogens with one attached hydrogen (secondary N) is 1. The molecule has 1 amide bonds. The van der Waals surface area contributed by atoms with Gasteiger partial charge in [0.05, 0.1) is 19.3 Å². The predicted octanol–water partition coefficient (Wildman–Crippen LogP) is 1.40. The number of thioether (sulfide) groups is 1. The van der Waals surface area contributed by atoms with Gasteiger partial charge in [-0.25, -0.2) is 15.0 Å². The number of nitrogen functional groups attached to an aromatic ring is 1. The Morgan fingerprint density at radius 2 is 2.03 bits per heavy atom. The van der Waals surface area contributed by atoms with Gasteiger partial charge < -0.3 is 25.4 Å². The summed E-state index contributed by atoms with van der Waals surface area (Å²) in [4.78, 5) is 32.0. The van der Waals surface area contributed by atoms with Gasteiger partial charge in [-0.3, -0.25) is 9.36 Å². The van der Waals surface area contributed by atoms with Crippen molar-refractivity contribution in [3.8, 4) is 11.5 Å². The van der Waals surface area contributed by atoms with Crippen LogP contribution >= 0.6 is 11.8 Å². The smallest absolute Gasteiger partial charge is 0.283 e. The molecule has 3 aromatic rings. The minimum atomic E-state index is -0.499. The minimum absolute atomic E-state index is 0.0945. The van der Waals surface area contributed by atoms with Crippen molar-refractivity contribution >= 4 is 40.3 Å². The van der Waals surface area contributed by atoms with Gasteiger partial charge in [0.2, 0.25) is 11.6 Å². The van der Waals surface area contributed by atoms with E-state index in [9.17, 15) is 4.79 Å². The van der Waals surface area contributed by atoms with E-state index >= 15 is 0 Å². The van der Waals surface area contributed by atoms with Crippen molar-refractivity contribution < 1.29 is 14.3 Å². The normalized spacial score (nSPS) is 16.2. The van der Waals surface area contributed by atoms with Crippen LogP contribution in [0.15, 0.2) is 29.5 Å². The van der Waals surface area contributed by atoms with Crippen molar-refractivity contribution in [2.45, 2.75) is 13.0 Å². The Labute approximate surface area is 206 Å². The number of carbonyl (C=O) groups excluding carboxylic acids is 1. The fraction of sp³-hybridized carbons (Fsp3) is 0.435. The third-order valence-electron chi connectivity index (χ3n) is 6.01. The highest BCUT2D eigenvalue weighted by Crippen LogP contribution is 2.37. The maximum absolute atomic E-state index is 12.8. The number of nitrogens with zero attached hydrogens (tertiary/aromatic N) is 6. The van der Waals surface area contributed by atoms with E-state index in [2.05, 4.69) is 25.2 Å². The number of carbonyl (C=O) groups is 1. The predicted molar refractivity (Wildman–Crippen MR) is 135 cm³/mol. The maximum atomic E-state index is 12.8. The van der Waals surface area contributed by atoms with Gasteiger partial charge in [0.1, 0.15) is 11.3 Å². The van der Waals surface area contributed by atoms with Gasteiger partial charge >= 0.3 is 0 Å². The van der Waals surface area contributed by atoms with Crippen molar-refractivity contribution in [1.29, 1.82) is 0 Å². The fourth-order valence-electron chi connectivity index (χ4n) is 4.24. The van der Waals surface area contributed by atoms with E-state index in [4.69, 9.17) is 20.2 Å². The Balaban J connectivity index is 1.44. The van der Waals surface area contributed by atoms with E-state index in [1.165, 1.54) is 23.9 Å². The number of benzene rings is 1. The standard InChI is InChI=1S/C23H28N8O3S/c1-33-19-17(34-10-2-6-30-8-11-35-12-9-30)4-3-16-18(19)28-23(31-7-5-25-20(16)31)29-21(32)15-13-26-22(24)27-14-15/h3-4,13-14,25H,2,5-12H2,1H3,(H2,24,26,27). The SMILES string of the molecule is COc1c(OCCCN2CCSCC2)ccc2c3n(c(=NC(=O)c4cnc(N)nc4)nc12)CCN3. The molecule has 35 heavy (non-hydrogen) atoms. The molecule has 2 aliphatic rings. The maximum Gasteiger partial charge on any atom is 0.283 e. The van der Waals surface area contributed by atoms with Crippen LogP contribution in [0.1, 0.15) is 16.8 Å². The van der Waals surface area contributed by atoms with Gasteiger partial charge in [0.15, 0.2) is 11.5 Å². The summed E-state index contributed by atoms with van der Waals surface area (Å²) in [6.07, 6.45) is 3.64. The molecule has 0 atom stereocenters. The van der Waals surface area contributed by atoms with Crippen LogP contribution in [-0.4, -0.2) is 81.7 Å². The van der Waals surface area contributed by atoms with Crippen LogP contribution in [0.4, 0.5) is 11.8 Å². The van der Waals surface area contributed by atoms with Gasteiger partial charge in [-0.2, -0.15) is 16.8 Å². The molecular weight excluding hydrogens is 468 g/mol. The number of hydrogen-bond acceptors (Lipinski definition) is 10. The molecule has 1 saturated heterocycles. The van der Waals surface area contributed by atoms with E-state index in [0.29, 0.717) is 36.7 Å². The number of methoxy groups -OCH3 is 1. The summed E-state index contributed by atoms with van der Waals surface area (Å²) in [7, 11) is 1.59. The Bertz CT molecular complexity index is 1290. The second kappa shape index (κ2) is 10.5. The van der Waals surface area contributed by atoms with Gasteiger partial charge in [-0.15, -0.1) is 0 Å². The first kappa shape index (κ1) is 23.4. The zero-order valence-electron chi connectivity index (χ0n) is 19.6. The van der Waals surface area contributed by atoms with E-state index in [1.54, 1.807) is 7.11 Å². The van der Waals surface area contributed by atoms with Crippen molar-refractivity contribution in [3.63, 3.8) is 0 Å². The van der Waals surface area contributed by atoms with Gasteiger partial charge in [-0.1, -0.05) is 0 Å². The Morgan fingerprint density at radius 3 is 2.80 bits per heavy atom. The van der Waals surface area contributed by atoms with E-state index in [1.807, 2.05) is 28.5 Å². The molecule has 1 aromatic carbocycles. The quantitative estimate of drug-likeness (QED) is 0.463. The lowest BCUT2D eigenvalue weighted by Gasteiger charge is -2.26. The molecule has 5 rings (SSSR count). The molecule has 2 aromatic heterocycles. The first-order chi connectivity index (χ1) is 17.1. The van der Waals surface area contributed by atoms with Gasteiger partial charge in [0, 0.05) is 62.0 Å². The van der Waals surface area contributed by atoms with Gasteiger partial charge in [0.25, 0.3) is 5.91 Å². The summed E-state index contributed by atoms with van der Waals surface area (Å²) in [5.41, 5.74) is 6.62. The van der Waals surface area contributed by atoms with Crippen molar-refractivity contribution in [2.24, 2.45) is 4.99 Å². The number of aromatic nitrogens is 4. The second-order valence-electron chi connectivity index (χ2n) is 8.23. The number of ether oxygens (including phenoxy) is 2. The highest BCUT2D eigenvalue weighted by molar-refractivity contribution is 7.99. The minimum Gasteiger partial charge on any atom is -0.491 e. The summed E-state index contributed by atoms with van der Waals surface area (Å²) in [5, 5.41) is 4.25. The van der Waals surface area contributed by atoms with E-state index in [0.717, 1.165) is 37.3 Å². The first-order valence-electron chi connectivity index (χ1n) is 11.6. The molecule has 4 heterocycles. The lowest BCUT2D eigenvalue weighted by atomic mass is 10.2. The molecule has 184 valence electrons. The average Bonchev–Trinajstić information content (AvgIpc) is 3.38. The molecule has 11 nitrogen and oxygen atoms in total. The number of hydrogen-bond donors (Lipinski definition) is 2. The monoisotopic (exact) mass is 496 g/mol. The molecule has 0 unspecified atom stereocenters. The van der Waals surface area contributed by atoms with Crippen LogP contribution in [0.5, 0.6) is 11.5 Å². The summed E-state index contributed by atoms with van der Waals surface area (Å²) < 4.78 is 13.7. The Kier molecular flexibility index (Phi) is 7.00. The third kappa shape index (κ3) is 5.03. The lowest BCUT2D eigenvalue weighted by molar-refractivity contribution is 0.0996. The molecule has 0 spiro atoms. The first-order valence-corrected chi connectivity index (χ1v) is 12.7. The van der Waals surface area contributed by atoms with Crippen molar-refractivity contribution in [2.75, 3.05) is 62.5 Å². The molecule has 0 saturated carbocycles. The topological polar surface area (TPSA) is 133 Å². The van der Waals surface area contributed by atoms with E-state index in [-0.39, 0.29) is 17.1 Å². The second-order valence-corrected chi connectivity index (χ2v) is 9.46. The van der Waals surface area contributed by atoms with Crippen LogP contribution in [0.3, 0.4) is 0 Å². The zero-order chi connectivity index (χ0) is 24.2. The number of anilines is 2. The highest BCUT2D eigenvalue weighted by atomic mass is 32.2. The number of amides is 1. The summed E-state index contributed by atoms with van der Waals surface area (Å²) in [6, 6.07) is 3.88. The zero-order valence-corrected chi connectivity index (χ0v) is 20.4. The molecular formula is C23H28N8O3S.